The van der Waals surface area contributed by atoms with Crippen molar-refractivity contribution in [3.63, 3.8) is 0 Å². The van der Waals surface area contributed by atoms with Crippen LogP contribution in [0.15, 0.2) is 183 Å². The first-order valence-corrected chi connectivity index (χ1v) is 34.9. The Morgan fingerprint density at radius 3 is 1.40 bits per heavy atom. The third kappa shape index (κ3) is 14.7. The summed E-state index contributed by atoms with van der Waals surface area (Å²) >= 11 is 23.6. The van der Waals surface area contributed by atoms with E-state index in [1.807, 2.05) is 36.5 Å². The fourth-order valence-corrected chi connectivity index (χ4v) is 14.3. The van der Waals surface area contributed by atoms with Gasteiger partial charge in [-0.05, 0) is 152 Å². The standard InChI is InChI=1S/C12H8ClN3O3.C12H10ClN3O.C11H5ClFN3O2.C11H6ClFN2.C11H11FN2.C11H7FN2.C10H11FN2/c1-19-12-8(13)4-7-6-2-3-14-5-9(6)15-10(7)11(12)16(17)18;1-17-12-8(13)4-7-6-2-3-15-5-9(6)16-11(7)10(12)14;12-7-3-6-5-1-2-14-4-8(5)15-10(6)11(9(7)13)16(17)18;12-8-3-7-6-1-2-14-5-11(6)15-10(7)4-9(8)13;2*12-7-1-2-8-9-3-4-13-6-11(9)14-10(8)5-7;11-8-1-2-9-7(3-4-12)6-13-10(9)5-8/h2-5,15H,1H3;2-5,16H,14H2,1H3;1-4,15H;1-5,15H;1-2,5,13-14H,3-4,6H2;1-6,14H;1-2,5-6,13H,3-4,12H2. The van der Waals surface area contributed by atoms with E-state index in [0.29, 0.717) is 55.7 Å². The number of nitrogen functional groups attached to an aromatic ring is 1. The minimum Gasteiger partial charge on any atom is -0.493 e. The summed E-state index contributed by atoms with van der Waals surface area (Å²) in [7, 11) is 2.90. The monoisotopic (exact) mass is 1560 g/mol. The van der Waals surface area contributed by atoms with E-state index >= 15 is 0 Å². The van der Waals surface area contributed by atoms with Crippen molar-refractivity contribution < 1.29 is 41.3 Å². The minimum atomic E-state index is -1.03. The number of H-pyrrole nitrogens is 7. The number of aromatic amines is 7. The van der Waals surface area contributed by atoms with Gasteiger partial charge in [0.2, 0.25) is 11.6 Å². The van der Waals surface area contributed by atoms with Gasteiger partial charge in [-0.1, -0.05) is 46.4 Å². The highest BCUT2D eigenvalue weighted by molar-refractivity contribution is 6.35. The summed E-state index contributed by atoms with van der Waals surface area (Å²) in [5.74, 6) is -1.51. The van der Waals surface area contributed by atoms with E-state index < -0.39 is 27.2 Å². The van der Waals surface area contributed by atoms with Gasteiger partial charge in [0.25, 0.3) is 0 Å². The first-order valence-electron chi connectivity index (χ1n) is 33.4. The van der Waals surface area contributed by atoms with Crippen LogP contribution in [0.2, 0.25) is 20.1 Å². The lowest BCUT2D eigenvalue weighted by molar-refractivity contribution is -0.385. The average Bonchev–Trinajstić information content (AvgIpc) is 1.56. The molecule has 554 valence electrons. The van der Waals surface area contributed by atoms with Crippen LogP contribution >= 0.6 is 46.4 Å². The van der Waals surface area contributed by atoms with Crippen molar-refractivity contribution in [2.24, 2.45) is 5.73 Å². The topological polar surface area (TPSA) is 344 Å². The molecule has 0 atom stereocenters. The van der Waals surface area contributed by atoms with Crippen LogP contribution in [0.1, 0.15) is 16.8 Å². The van der Waals surface area contributed by atoms with Crippen molar-refractivity contribution in [2.45, 2.75) is 19.4 Å². The number of pyridine rings is 5. The second-order valence-electron chi connectivity index (χ2n) is 24.8. The molecule has 12 N–H and O–H groups in total. The molecule has 0 bridgehead atoms. The van der Waals surface area contributed by atoms with Crippen molar-refractivity contribution in [3.8, 4) is 11.5 Å². The van der Waals surface area contributed by atoms with E-state index in [2.05, 4.69) is 65.1 Å². The number of ether oxygens (including phenoxy) is 2. The van der Waals surface area contributed by atoms with Crippen LogP contribution in [-0.2, 0) is 19.4 Å². The molecule has 12 aromatic heterocycles. The van der Waals surface area contributed by atoms with Gasteiger partial charge in [0.15, 0.2) is 5.75 Å². The van der Waals surface area contributed by atoms with Crippen LogP contribution in [0.3, 0.4) is 0 Å². The molecule has 0 spiro atoms. The van der Waals surface area contributed by atoms with E-state index in [4.69, 9.17) is 67.3 Å². The Balaban J connectivity index is 0.000000107. The highest BCUT2D eigenvalue weighted by Gasteiger charge is 2.27. The second-order valence-corrected chi connectivity index (χ2v) is 26.5. The maximum atomic E-state index is 13.7. The molecular weight excluding hydrogens is 1510 g/mol. The lowest BCUT2D eigenvalue weighted by atomic mass is 10.0. The number of rotatable bonds is 6. The van der Waals surface area contributed by atoms with Gasteiger partial charge >= 0.3 is 11.4 Å². The minimum absolute atomic E-state index is 0.0543. The Kier molecular flexibility index (Phi) is 21.3. The van der Waals surface area contributed by atoms with E-state index in [1.165, 1.54) is 72.4 Å². The number of nitrogens with one attached hydrogen (secondary N) is 8. The molecule has 0 unspecified atom stereocenters. The summed E-state index contributed by atoms with van der Waals surface area (Å²) in [4.78, 5) is 62.3. The quantitative estimate of drug-likeness (QED) is 0.0320. The maximum Gasteiger partial charge on any atom is 0.336 e. The molecule has 0 fully saturated rings. The largest absolute Gasteiger partial charge is 0.493 e. The molecule has 0 radical (unpaired) electrons. The number of aromatic nitrogens is 12. The molecule has 7 aromatic carbocycles. The predicted octanol–water partition coefficient (Wildman–Crippen LogP) is 19.8. The van der Waals surface area contributed by atoms with E-state index in [0.717, 1.165) is 119 Å². The van der Waals surface area contributed by atoms with Gasteiger partial charge in [0.05, 0.1) is 108 Å². The number of fused-ring (bicyclic) bond motifs is 19. The van der Waals surface area contributed by atoms with Gasteiger partial charge in [-0.25, -0.2) is 17.6 Å². The van der Waals surface area contributed by atoms with E-state index in [-0.39, 0.29) is 49.5 Å². The van der Waals surface area contributed by atoms with Crippen LogP contribution in [0.25, 0.3) is 131 Å². The molecule has 19 aromatic rings. The van der Waals surface area contributed by atoms with E-state index in [9.17, 15) is 42.2 Å². The summed E-state index contributed by atoms with van der Waals surface area (Å²) in [6.45, 7) is 2.49. The molecule has 0 saturated carbocycles. The zero-order valence-corrected chi connectivity index (χ0v) is 60.5. The smallest absolute Gasteiger partial charge is 0.336 e. The van der Waals surface area contributed by atoms with E-state index in [1.54, 1.807) is 105 Å². The zero-order chi connectivity index (χ0) is 77.2. The number of nitro benzene ring substituents is 2. The summed E-state index contributed by atoms with van der Waals surface area (Å²) in [6, 6.07) is 31.6. The fourth-order valence-electron chi connectivity index (χ4n) is 13.4. The van der Waals surface area contributed by atoms with Gasteiger partial charge in [-0.2, -0.15) is 4.39 Å². The third-order valence-corrected chi connectivity index (χ3v) is 19.4. The molecule has 0 aliphatic carbocycles. The number of halogens is 9. The van der Waals surface area contributed by atoms with Crippen molar-refractivity contribution in [1.29, 1.82) is 0 Å². The van der Waals surface area contributed by atoms with Crippen molar-refractivity contribution >= 4 is 194 Å². The second kappa shape index (κ2) is 31.6. The number of anilines is 1. The van der Waals surface area contributed by atoms with Gasteiger partial charge in [0.1, 0.15) is 40.0 Å². The predicted molar refractivity (Wildman–Crippen MR) is 423 cm³/mol. The maximum absolute atomic E-state index is 13.7. The number of nitrogens with zero attached hydrogens (tertiary/aromatic N) is 7. The van der Waals surface area contributed by atoms with Crippen LogP contribution in [0, 0.1) is 49.3 Å². The SMILES string of the molecule is COc1c(Cl)cc2c([nH]c3cnccc32)c1N.COc1c(Cl)cc2c([nH]c3cnccc32)c1[N+](=O)[O-].Fc1cc2[nH]c3cnccc3c2cc1Cl.Fc1ccc2c(c1)[nH]c1cnccc12.Fc1ccc2c3c([nH]c2c1)CNCC3.NCCc1c[nH]c2cc(F)ccc12.O=[N+]([O-])c1c(F)c(Cl)cc2c1[nH]c1cnccc12. The summed E-state index contributed by atoms with van der Waals surface area (Å²) < 4.78 is 75.8. The van der Waals surface area contributed by atoms with Crippen LogP contribution in [-0.4, -0.2) is 97.0 Å². The Hall–Kier alpha value is -12.7. The Morgan fingerprint density at radius 1 is 0.455 bits per heavy atom. The van der Waals surface area contributed by atoms with Crippen LogP contribution in [0.5, 0.6) is 11.5 Å². The molecule has 13 heterocycles. The number of hydrogen-bond donors (Lipinski definition) is 10. The Labute approximate surface area is 636 Å². The summed E-state index contributed by atoms with van der Waals surface area (Å²) in [6.07, 6.45) is 20.4. The van der Waals surface area contributed by atoms with Gasteiger partial charge in [-0.3, -0.25) is 45.1 Å². The van der Waals surface area contributed by atoms with Gasteiger partial charge < -0.3 is 61.1 Å². The first kappa shape index (κ1) is 74.2. The molecule has 110 heavy (non-hydrogen) atoms. The third-order valence-electron chi connectivity index (χ3n) is 18.3. The van der Waals surface area contributed by atoms with Gasteiger partial charge in [-0.15, -0.1) is 0 Å². The molecular formula is C78H58Cl4F5N17O6. The highest BCUT2D eigenvalue weighted by Crippen LogP contribution is 2.44. The van der Waals surface area contributed by atoms with Crippen LogP contribution < -0.4 is 26.3 Å². The Bertz CT molecular complexity index is 6760. The van der Waals surface area contributed by atoms with Crippen molar-refractivity contribution in [2.75, 3.05) is 33.0 Å². The number of hydrogen-bond acceptors (Lipinski definition) is 14. The van der Waals surface area contributed by atoms with Crippen molar-refractivity contribution in [1.82, 2.24) is 65.1 Å². The molecule has 0 amide bonds. The first-order chi connectivity index (χ1) is 53.2. The average molecular weight is 1570 g/mol. The molecule has 1 aliphatic rings. The molecule has 32 heteroatoms. The normalized spacial score (nSPS) is 11.7. The summed E-state index contributed by atoms with van der Waals surface area (Å²) in [5.41, 5.74) is 23.6. The zero-order valence-electron chi connectivity index (χ0n) is 57.5. The van der Waals surface area contributed by atoms with Gasteiger partial charge in [0, 0.05) is 136 Å². The number of nitro groups is 2. The fraction of sp³-hybridized carbons (Fsp3) is 0.0897. The van der Waals surface area contributed by atoms with Crippen LogP contribution in [0.4, 0.5) is 39.0 Å². The Morgan fingerprint density at radius 2 is 0.873 bits per heavy atom. The highest BCUT2D eigenvalue weighted by atomic mass is 35.5. The summed E-state index contributed by atoms with van der Waals surface area (Å²) in [5, 5.41) is 37.1. The molecule has 0 saturated heterocycles. The molecule has 20 rings (SSSR count). The lowest BCUT2D eigenvalue weighted by Gasteiger charge is -2.12. The number of benzene rings is 7. The van der Waals surface area contributed by atoms with Crippen molar-refractivity contribution in [3.05, 3.63) is 270 Å². The number of methoxy groups -OCH3 is 2. The number of nitrogens with two attached hydrogens (primary N) is 2. The molecule has 1 aliphatic heterocycles. The lowest BCUT2D eigenvalue weighted by Crippen LogP contribution is -2.22. The molecule has 23 nitrogen and oxygen atoms in total.